The van der Waals surface area contributed by atoms with Crippen molar-refractivity contribution in [2.45, 2.75) is 13.0 Å². The number of aromatic nitrogens is 2. The summed E-state index contributed by atoms with van der Waals surface area (Å²) in [7, 11) is 4.22. The van der Waals surface area contributed by atoms with Crippen LogP contribution in [-0.2, 0) is 20.0 Å². The molecule has 1 aromatic heterocycles. The molecule has 0 atom stereocenters. The van der Waals surface area contributed by atoms with Crippen LogP contribution in [0.1, 0.15) is 11.3 Å². The van der Waals surface area contributed by atoms with Crippen molar-refractivity contribution in [1.82, 2.24) is 14.7 Å². The van der Waals surface area contributed by atoms with E-state index in [9.17, 15) is 0 Å². The molecule has 0 aliphatic carbocycles. The zero-order valence-corrected chi connectivity index (χ0v) is 12.2. The predicted molar refractivity (Wildman–Crippen MR) is 76.4 cm³/mol. The van der Waals surface area contributed by atoms with E-state index in [4.69, 9.17) is 5.10 Å². The standard InChI is InChI=1S/C14H16BrN3/c1-17-8-7-13-12(9-17)14(16-18(13)2)10-3-5-11(15)6-4-10/h3-6H,7-9H2,1-2H3. The van der Waals surface area contributed by atoms with E-state index in [0.717, 1.165) is 29.7 Å². The number of aryl methyl sites for hydroxylation is 1. The van der Waals surface area contributed by atoms with E-state index in [1.165, 1.54) is 16.8 Å². The first kappa shape index (κ1) is 11.9. The second kappa shape index (κ2) is 4.52. The van der Waals surface area contributed by atoms with Crippen molar-refractivity contribution in [2.24, 2.45) is 7.05 Å². The summed E-state index contributed by atoms with van der Waals surface area (Å²) in [6, 6.07) is 8.40. The lowest BCUT2D eigenvalue weighted by molar-refractivity contribution is 0.309. The normalized spacial score (nSPS) is 15.7. The number of fused-ring (bicyclic) bond motifs is 1. The molecular weight excluding hydrogens is 290 g/mol. The van der Waals surface area contributed by atoms with Crippen molar-refractivity contribution in [3.8, 4) is 11.3 Å². The van der Waals surface area contributed by atoms with E-state index in [-0.39, 0.29) is 0 Å². The zero-order chi connectivity index (χ0) is 12.7. The molecule has 0 amide bonds. The molecule has 0 bridgehead atoms. The molecule has 4 heteroatoms. The Morgan fingerprint density at radius 1 is 1.17 bits per heavy atom. The quantitative estimate of drug-likeness (QED) is 0.808. The Kier molecular flexibility index (Phi) is 2.99. The van der Waals surface area contributed by atoms with Gasteiger partial charge in [0, 0.05) is 47.9 Å². The second-order valence-electron chi connectivity index (χ2n) is 4.89. The highest BCUT2D eigenvalue weighted by Crippen LogP contribution is 2.29. The summed E-state index contributed by atoms with van der Waals surface area (Å²) in [4.78, 5) is 2.35. The molecule has 0 saturated heterocycles. The largest absolute Gasteiger partial charge is 0.302 e. The van der Waals surface area contributed by atoms with Crippen LogP contribution in [0.15, 0.2) is 28.7 Å². The van der Waals surface area contributed by atoms with Crippen LogP contribution in [0.2, 0.25) is 0 Å². The van der Waals surface area contributed by atoms with Crippen LogP contribution < -0.4 is 0 Å². The van der Waals surface area contributed by atoms with Gasteiger partial charge in [0.15, 0.2) is 0 Å². The van der Waals surface area contributed by atoms with Gasteiger partial charge in [-0.1, -0.05) is 28.1 Å². The molecular formula is C14H16BrN3. The van der Waals surface area contributed by atoms with E-state index in [0.29, 0.717) is 0 Å². The predicted octanol–water partition coefficient (Wildman–Crippen LogP) is 2.84. The van der Waals surface area contributed by atoms with Gasteiger partial charge < -0.3 is 4.90 Å². The number of nitrogens with zero attached hydrogens (tertiary/aromatic N) is 3. The van der Waals surface area contributed by atoms with Crippen molar-refractivity contribution in [1.29, 1.82) is 0 Å². The van der Waals surface area contributed by atoms with Gasteiger partial charge >= 0.3 is 0 Å². The van der Waals surface area contributed by atoms with Crippen LogP contribution >= 0.6 is 15.9 Å². The van der Waals surface area contributed by atoms with Crippen LogP contribution in [0, 0.1) is 0 Å². The van der Waals surface area contributed by atoms with Gasteiger partial charge in [0.1, 0.15) is 0 Å². The molecule has 3 nitrogen and oxygen atoms in total. The van der Waals surface area contributed by atoms with Crippen molar-refractivity contribution >= 4 is 15.9 Å². The topological polar surface area (TPSA) is 21.1 Å². The van der Waals surface area contributed by atoms with Crippen LogP contribution in [0.5, 0.6) is 0 Å². The van der Waals surface area contributed by atoms with Crippen molar-refractivity contribution < 1.29 is 0 Å². The molecule has 0 radical (unpaired) electrons. The SMILES string of the molecule is CN1CCc2c(c(-c3ccc(Br)cc3)nn2C)C1. The summed E-state index contributed by atoms with van der Waals surface area (Å²) in [5.41, 5.74) is 5.09. The molecule has 0 unspecified atom stereocenters. The molecule has 18 heavy (non-hydrogen) atoms. The third-order valence-corrected chi connectivity index (χ3v) is 4.08. The summed E-state index contributed by atoms with van der Waals surface area (Å²) in [5, 5.41) is 4.70. The maximum atomic E-state index is 4.70. The van der Waals surface area contributed by atoms with Gasteiger partial charge in [0.25, 0.3) is 0 Å². The minimum absolute atomic E-state index is 0.995. The third-order valence-electron chi connectivity index (χ3n) is 3.55. The molecule has 2 aromatic rings. The molecule has 1 aliphatic rings. The highest BCUT2D eigenvalue weighted by atomic mass is 79.9. The first-order valence-corrected chi connectivity index (χ1v) is 6.93. The van der Waals surface area contributed by atoms with Gasteiger partial charge in [-0.15, -0.1) is 0 Å². The van der Waals surface area contributed by atoms with Crippen LogP contribution in [0.25, 0.3) is 11.3 Å². The summed E-state index contributed by atoms with van der Waals surface area (Å²) in [6.45, 7) is 2.11. The van der Waals surface area contributed by atoms with Gasteiger partial charge in [-0.2, -0.15) is 5.10 Å². The average Bonchev–Trinajstić information content (AvgIpc) is 2.67. The first-order valence-electron chi connectivity index (χ1n) is 6.14. The number of rotatable bonds is 1. The van der Waals surface area contributed by atoms with Crippen LogP contribution in [-0.4, -0.2) is 28.3 Å². The molecule has 2 heterocycles. The lowest BCUT2D eigenvalue weighted by Crippen LogP contribution is -2.27. The van der Waals surface area contributed by atoms with Gasteiger partial charge in [-0.25, -0.2) is 0 Å². The van der Waals surface area contributed by atoms with E-state index in [1.54, 1.807) is 0 Å². The van der Waals surface area contributed by atoms with Crippen molar-refractivity contribution in [2.75, 3.05) is 13.6 Å². The molecule has 0 spiro atoms. The Hall–Kier alpha value is -1.13. The van der Waals surface area contributed by atoms with Gasteiger partial charge in [0.05, 0.1) is 5.69 Å². The molecule has 94 valence electrons. The average molecular weight is 306 g/mol. The summed E-state index contributed by atoms with van der Waals surface area (Å²) >= 11 is 3.47. The fourth-order valence-electron chi connectivity index (χ4n) is 2.57. The Morgan fingerprint density at radius 2 is 1.89 bits per heavy atom. The van der Waals surface area contributed by atoms with Crippen molar-refractivity contribution in [3.05, 3.63) is 40.0 Å². The maximum Gasteiger partial charge on any atom is 0.0971 e. The highest BCUT2D eigenvalue weighted by molar-refractivity contribution is 9.10. The van der Waals surface area contributed by atoms with Crippen molar-refractivity contribution in [3.63, 3.8) is 0 Å². The highest BCUT2D eigenvalue weighted by Gasteiger charge is 2.22. The maximum absolute atomic E-state index is 4.70. The number of hydrogen-bond acceptors (Lipinski definition) is 2. The van der Waals surface area contributed by atoms with E-state index in [2.05, 4.69) is 52.1 Å². The van der Waals surface area contributed by atoms with Gasteiger partial charge in [0.2, 0.25) is 0 Å². The second-order valence-corrected chi connectivity index (χ2v) is 5.81. The number of benzene rings is 1. The number of likely N-dealkylation sites (N-methyl/N-ethyl adjacent to an activating group) is 1. The van der Waals surface area contributed by atoms with E-state index < -0.39 is 0 Å². The van der Waals surface area contributed by atoms with E-state index in [1.807, 2.05) is 11.7 Å². The Labute approximate surface area is 116 Å². The lowest BCUT2D eigenvalue weighted by atomic mass is 10.0. The summed E-state index contributed by atoms with van der Waals surface area (Å²) in [6.07, 6.45) is 1.09. The molecule has 1 aromatic carbocycles. The summed E-state index contributed by atoms with van der Waals surface area (Å²) in [5.74, 6) is 0. The lowest BCUT2D eigenvalue weighted by Gasteiger charge is -2.23. The summed E-state index contributed by atoms with van der Waals surface area (Å²) < 4.78 is 3.15. The zero-order valence-electron chi connectivity index (χ0n) is 10.7. The smallest absolute Gasteiger partial charge is 0.0971 e. The molecule has 0 saturated carbocycles. The Balaban J connectivity index is 2.10. The first-order chi connectivity index (χ1) is 8.65. The molecule has 0 N–H and O–H groups in total. The minimum atomic E-state index is 0.995. The number of halogens is 1. The number of hydrogen-bond donors (Lipinski definition) is 0. The molecule has 0 fully saturated rings. The van der Waals surface area contributed by atoms with Crippen LogP contribution in [0.3, 0.4) is 0 Å². The van der Waals surface area contributed by atoms with Gasteiger partial charge in [-0.3, -0.25) is 4.68 Å². The van der Waals surface area contributed by atoms with Gasteiger partial charge in [-0.05, 0) is 19.2 Å². The minimum Gasteiger partial charge on any atom is -0.302 e. The fourth-order valence-corrected chi connectivity index (χ4v) is 2.83. The van der Waals surface area contributed by atoms with Crippen LogP contribution in [0.4, 0.5) is 0 Å². The Morgan fingerprint density at radius 3 is 2.61 bits per heavy atom. The fraction of sp³-hybridized carbons (Fsp3) is 0.357. The van der Waals surface area contributed by atoms with E-state index >= 15 is 0 Å². The Bertz CT molecular complexity index is 571. The monoisotopic (exact) mass is 305 g/mol. The molecule has 1 aliphatic heterocycles. The molecule has 3 rings (SSSR count). The third kappa shape index (κ3) is 1.99.